The van der Waals surface area contributed by atoms with E-state index in [9.17, 15) is 13.2 Å². The molecule has 1 atom stereocenters. The van der Waals surface area contributed by atoms with Crippen LogP contribution in [-0.2, 0) is 4.74 Å². The van der Waals surface area contributed by atoms with E-state index in [1.807, 2.05) is 0 Å². The third kappa shape index (κ3) is 1.63. The maximum absolute atomic E-state index is 12.0. The molecule has 1 aliphatic heterocycles. The Morgan fingerprint density at radius 3 is 2.58 bits per heavy atom. The molecular formula is C6H4F3N2O. The molecule has 12 heavy (non-hydrogen) atoms. The standard InChI is InChI=1S/C6H4F3N2O/c7-6(8,9)4-2-1-3-12-5(4)11-10/h1-3,5H. The van der Waals surface area contributed by atoms with E-state index in [1.54, 1.807) is 0 Å². The molecule has 1 aliphatic rings. The molecule has 0 bridgehead atoms. The largest absolute Gasteiger partial charge is 0.470 e. The zero-order chi connectivity index (χ0) is 9.19. The quantitative estimate of drug-likeness (QED) is 0.561. The molecule has 6 heteroatoms. The average Bonchev–Trinajstić information content (AvgIpc) is 2.03. The average molecular weight is 177 g/mol. The number of halogens is 3. The summed E-state index contributed by atoms with van der Waals surface area (Å²) < 4.78 is 40.5. The van der Waals surface area contributed by atoms with Crippen LogP contribution in [0.4, 0.5) is 13.2 Å². The normalized spacial score (nSPS) is 22.9. The second-order valence-electron chi connectivity index (χ2n) is 2.05. The topological polar surface area (TPSA) is 43.9 Å². The molecular weight excluding hydrogens is 173 g/mol. The highest BCUT2D eigenvalue weighted by atomic mass is 19.4. The van der Waals surface area contributed by atoms with E-state index in [0.29, 0.717) is 0 Å². The van der Waals surface area contributed by atoms with Crippen LogP contribution in [0, 0.1) is 0 Å². The molecule has 65 valence electrons. The fourth-order valence-corrected chi connectivity index (χ4v) is 0.742. The molecule has 0 N–H and O–H groups in total. The lowest BCUT2D eigenvalue weighted by atomic mass is 10.2. The van der Waals surface area contributed by atoms with E-state index in [-0.39, 0.29) is 0 Å². The minimum Gasteiger partial charge on any atom is -0.470 e. The molecule has 0 aromatic heterocycles. The Bertz CT molecular complexity index is 244. The molecule has 0 amide bonds. The van der Waals surface area contributed by atoms with E-state index >= 15 is 0 Å². The number of ether oxygens (including phenoxy) is 1. The first kappa shape index (κ1) is 8.76. The van der Waals surface area contributed by atoms with Crippen LogP contribution in [-0.4, -0.2) is 12.4 Å². The van der Waals surface area contributed by atoms with Gasteiger partial charge in [-0.2, -0.15) is 13.2 Å². The molecule has 0 saturated carbocycles. The van der Waals surface area contributed by atoms with Crippen molar-refractivity contribution in [3.8, 4) is 0 Å². The molecule has 0 aliphatic carbocycles. The van der Waals surface area contributed by atoms with Crippen LogP contribution in [0.15, 0.2) is 29.1 Å². The Morgan fingerprint density at radius 1 is 1.50 bits per heavy atom. The summed E-state index contributed by atoms with van der Waals surface area (Å²) in [5.41, 5.74) is 7.13. The van der Waals surface area contributed by atoms with Crippen molar-refractivity contribution in [1.29, 1.82) is 0 Å². The van der Waals surface area contributed by atoms with Gasteiger partial charge in [0, 0.05) is 0 Å². The number of alkyl halides is 3. The van der Waals surface area contributed by atoms with Gasteiger partial charge in [0.05, 0.1) is 11.8 Å². The fraction of sp³-hybridized carbons (Fsp3) is 0.333. The second kappa shape index (κ2) is 2.96. The summed E-state index contributed by atoms with van der Waals surface area (Å²) in [6.07, 6.45) is -3.27. The van der Waals surface area contributed by atoms with Gasteiger partial charge in [0.1, 0.15) is 0 Å². The molecule has 1 rings (SSSR count). The van der Waals surface area contributed by atoms with E-state index in [0.717, 1.165) is 18.4 Å². The fourth-order valence-electron chi connectivity index (χ4n) is 0.742. The van der Waals surface area contributed by atoms with Gasteiger partial charge in [0.25, 0.3) is 0 Å². The molecule has 0 fully saturated rings. The number of nitrogens with zero attached hydrogens (tertiary/aromatic N) is 2. The van der Waals surface area contributed by atoms with E-state index in [4.69, 9.17) is 5.53 Å². The van der Waals surface area contributed by atoms with Crippen molar-refractivity contribution in [1.82, 2.24) is 5.53 Å². The van der Waals surface area contributed by atoms with Crippen LogP contribution in [0.3, 0.4) is 0 Å². The first-order chi connectivity index (χ1) is 5.55. The van der Waals surface area contributed by atoms with Crippen molar-refractivity contribution in [2.75, 3.05) is 0 Å². The van der Waals surface area contributed by atoms with Crippen molar-refractivity contribution in [3.05, 3.63) is 24.0 Å². The summed E-state index contributed by atoms with van der Waals surface area (Å²) >= 11 is 0. The van der Waals surface area contributed by atoms with E-state index in [1.165, 1.54) is 0 Å². The lowest BCUT2D eigenvalue weighted by Crippen LogP contribution is -2.25. The lowest BCUT2D eigenvalue weighted by Gasteiger charge is -2.18. The molecule has 3 nitrogen and oxygen atoms in total. The Kier molecular flexibility index (Phi) is 2.16. The van der Waals surface area contributed by atoms with Gasteiger partial charge in [-0.15, -0.1) is 5.11 Å². The van der Waals surface area contributed by atoms with Gasteiger partial charge in [0.15, 0.2) is 0 Å². The molecule has 1 unspecified atom stereocenters. The monoisotopic (exact) mass is 177 g/mol. The lowest BCUT2D eigenvalue weighted by molar-refractivity contribution is -0.106. The summed E-state index contributed by atoms with van der Waals surface area (Å²) in [6, 6.07) is 0. The number of hydrogen-bond acceptors (Lipinski definition) is 2. The van der Waals surface area contributed by atoms with Gasteiger partial charge < -0.3 is 4.74 Å². The van der Waals surface area contributed by atoms with Gasteiger partial charge in [0.2, 0.25) is 6.23 Å². The predicted molar refractivity (Wildman–Crippen MR) is 32.7 cm³/mol. The van der Waals surface area contributed by atoms with Crippen molar-refractivity contribution >= 4 is 0 Å². The van der Waals surface area contributed by atoms with Crippen LogP contribution in [0.1, 0.15) is 0 Å². The third-order valence-electron chi connectivity index (χ3n) is 1.26. The maximum atomic E-state index is 12.0. The summed E-state index contributed by atoms with van der Waals surface area (Å²) in [6.45, 7) is 0. The smallest absolute Gasteiger partial charge is 0.418 e. The summed E-state index contributed by atoms with van der Waals surface area (Å²) in [5.74, 6) is 0. The maximum Gasteiger partial charge on any atom is 0.418 e. The molecule has 0 aromatic rings. The number of rotatable bonds is 1. The Morgan fingerprint density at radius 2 is 2.17 bits per heavy atom. The predicted octanol–water partition coefficient (Wildman–Crippen LogP) is 1.60. The third-order valence-corrected chi connectivity index (χ3v) is 1.26. The molecule has 1 radical (unpaired) electrons. The van der Waals surface area contributed by atoms with Crippen LogP contribution in [0.5, 0.6) is 0 Å². The number of hydrogen-bond donors (Lipinski definition) is 0. The zero-order valence-corrected chi connectivity index (χ0v) is 5.75. The highest BCUT2D eigenvalue weighted by Crippen LogP contribution is 2.31. The minimum absolute atomic E-state index is 0.799. The second-order valence-corrected chi connectivity index (χ2v) is 2.05. The summed E-state index contributed by atoms with van der Waals surface area (Å²) in [4.78, 5) is 0. The van der Waals surface area contributed by atoms with Gasteiger partial charge in [-0.05, 0) is 17.7 Å². The van der Waals surface area contributed by atoms with Gasteiger partial charge in [-0.1, -0.05) is 0 Å². The van der Waals surface area contributed by atoms with Gasteiger partial charge >= 0.3 is 6.18 Å². The van der Waals surface area contributed by atoms with Gasteiger partial charge in [-0.3, -0.25) is 0 Å². The Hall–Kier alpha value is -1.33. The van der Waals surface area contributed by atoms with Crippen molar-refractivity contribution < 1.29 is 17.9 Å². The first-order valence-corrected chi connectivity index (χ1v) is 2.99. The molecule has 0 spiro atoms. The van der Waals surface area contributed by atoms with Gasteiger partial charge in [-0.25, -0.2) is 0 Å². The van der Waals surface area contributed by atoms with Crippen LogP contribution in [0.25, 0.3) is 0 Å². The first-order valence-electron chi connectivity index (χ1n) is 2.99. The SMILES string of the molecule is [N]=NC1OC=CC=C1C(F)(F)F. The van der Waals surface area contributed by atoms with E-state index < -0.39 is 18.0 Å². The van der Waals surface area contributed by atoms with Crippen molar-refractivity contribution in [3.63, 3.8) is 0 Å². The molecule has 0 aromatic carbocycles. The van der Waals surface area contributed by atoms with Crippen LogP contribution < -0.4 is 5.53 Å². The van der Waals surface area contributed by atoms with Crippen molar-refractivity contribution in [2.45, 2.75) is 12.4 Å². The van der Waals surface area contributed by atoms with Crippen LogP contribution >= 0.6 is 0 Å². The summed E-state index contributed by atoms with van der Waals surface area (Å²) in [5, 5.41) is 2.43. The summed E-state index contributed by atoms with van der Waals surface area (Å²) in [7, 11) is 0. The molecule has 1 heterocycles. The van der Waals surface area contributed by atoms with Crippen LogP contribution in [0.2, 0.25) is 0 Å². The zero-order valence-electron chi connectivity index (χ0n) is 5.75. The number of allylic oxidation sites excluding steroid dienone is 2. The Labute approximate surface area is 66.0 Å². The van der Waals surface area contributed by atoms with E-state index in [2.05, 4.69) is 9.85 Å². The highest BCUT2D eigenvalue weighted by Gasteiger charge is 2.40. The minimum atomic E-state index is -4.53. The Balaban J connectivity index is 2.91. The highest BCUT2D eigenvalue weighted by molar-refractivity contribution is 5.22. The molecule has 0 saturated heterocycles. The van der Waals surface area contributed by atoms with Crippen molar-refractivity contribution in [2.24, 2.45) is 5.11 Å².